The zero-order valence-electron chi connectivity index (χ0n) is 19.8. The maximum absolute atomic E-state index is 13.1. The number of Topliss-reactive ketones (excluding diaryl/α,β-unsaturated/α-hetero) is 1. The van der Waals surface area contributed by atoms with Crippen LogP contribution in [-0.2, 0) is 9.59 Å². The Bertz CT molecular complexity index is 1060. The van der Waals surface area contributed by atoms with Crippen molar-refractivity contribution >= 4 is 17.4 Å². The smallest absolute Gasteiger partial charge is 0.295 e. The highest BCUT2D eigenvalue weighted by Gasteiger charge is 2.45. The number of benzene rings is 2. The molecule has 1 amide bonds. The van der Waals surface area contributed by atoms with E-state index >= 15 is 0 Å². The Labute approximate surface area is 195 Å². The quantitative estimate of drug-likeness (QED) is 0.232. The van der Waals surface area contributed by atoms with Crippen LogP contribution in [-0.4, -0.2) is 40.0 Å². The van der Waals surface area contributed by atoms with Crippen LogP contribution in [0.1, 0.15) is 62.8 Å². The van der Waals surface area contributed by atoms with Gasteiger partial charge in [-0.2, -0.15) is 0 Å². The summed E-state index contributed by atoms with van der Waals surface area (Å²) < 4.78 is 5.82. The summed E-state index contributed by atoms with van der Waals surface area (Å²) in [4.78, 5) is 27.5. The lowest BCUT2D eigenvalue weighted by Gasteiger charge is -2.25. The van der Waals surface area contributed by atoms with Gasteiger partial charge in [0.2, 0.25) is 0 Å². The number of rotatable bonds is 9. The molecular formula is C27H33NO5. The molecule has 0 aliphatic carbocycles. The van der Waals surface area contributed by atoms with Gasteiger partial charge in [-0.1, -0.05) is 45.7 Å². The molecule has 6 heteroatoms. The fraction of sp³-hybridized carbons (Fsp3) is 0.407. The largest absolute Gasteiger partial charge is 0.508 e. The number of aliphatic hydroxyl groups is 1. The molecule has 0 spiro atoms. The predicted molar refractivity (Wildman–Crippen MR) is 128 cm³/mol. The zero-order chi connectivity index (χ0) is 24.1. The second-order valence-corrected chi connectivity index (χ2v) is 8.98. The molecule has 176 valence electrons. The molecule has 1 saturated heterocycles. The first kappa shape index (κ1) is 24.4. The number of nitrogens with zero attached hydrogens (tertiary/aromatic N) is 1. The van der Waals surface area contributed by atoms with E-state index in [1.54, 1.807) is 30.3 Å². The van der Waals surface area contributed by atoms with Gasteiger partial charge in [0.05, 0.1) is 18.2 Å². The van der Waals surface area contributed by atoms with E-state index in [1.165, 1.54) is 17.0 Å². The first-order valence-electron chi connectivity index (χ1n) is 11.6. The number of amides is 1. The predicted octanol–water partition coefficient (Wildman–Crippen LogP) is 5.35. The summed E-state index contributed by atoms with van der Waals surface area (Å²) in [5.74, 6) is -0.440. The van der Waals surface area contributed by atoms with Gasteiger partial charge < -0.3 is 19.8 Å². The molecule has 0 saturated carbocycles. The van der Waals surface area contributed by atoms with E-state index in [0.29, 0.717) is 35.9 Å². The molecule has 0 aromatic heterocycles. The van der Waals surface area contributed by atoms with Crippen LogP contribution >= 0.6 is 0 Å². The van der Waals surface area contributed by atoms with E-state index < -0.39 is 17.7 Å². The summed E-state index contributed by atoms with van der Waals surface area (Å²) in [5.41, 5.74) is 1.89. The highest BCUT2D eigenvalue weighted by molar-refractivity contribution is 6.46. The Balaban J connectivity index is 2.06. The molecule has 1 aliphatic heterocycles. The first-order valence-corrected chi connectivity index (χ1v) is 11.6. The van der Waals surface area contributed by atoms with Crippen LogP contribution in [0.25, 0.3) is 5.76 Å². The van der Waals surface area contributed by atoms with Crippen molar-refractivity contribution in [3.05, 3.63) is 64.7 Å². The zero-order valence-corrected chi connectivity index (χ0v) is 19.8. The van der Waals surface area contributed by atoms with Crippen molar-refractivity contribution in [1.82, 2.24) is 4.90 Å². The van der Waals surface area contributed by atoms with E-state index in [4.69, 9.17) is 4.74 Å². The van der Waals surface area contributed by atoms with Crippen LogP contribution < -0.4 is 4.74 Å². The van der Waals surface area contributed by atoms with E-state index in [9.17, 15) is 19.8 Å². The van der Waals surface area contributed by atoms with Gasteiger partial charge in [-0.05, 0) is 60.7 Å². The van der Waals surface area contributed by atoms with Gasteiger partial charge >= 0.3 is 0 Å². The maximum atomic E-state index is 13.1. The minimum Gasteiger partial charge on any atom is -0.508 e. The lowest BCUT2D eigenvalue weighted by molar-refractivity contribution is -0.139. The molecule has 2 aromatic carbocycles. The highest BCUT2D eigenvalue weighted by Crippen LogP contribution is 2.40. The number of ether oxygens (including phenoxy) is 1. The van der Waals surface area contributed by atoms with Crippen molar-refractivity contribution in [2.45, 2.75) is 53.0 Å². The normalized spacial score (nSPS) is 17.7. The summed E-state index contributed by atoms with van der Waals surface area (Å²) >= 11 is 0. The third-order valence-corrected chi connectivity index (χ3v) is 5.75. The Morgan fingerprint density at radius 2 is 1.88 bits per heavy atom. The fourth-order valence-electron chi connectivity index (χ4n) is 4.05. The minimum absolute atomic E-state index is 0.0362. The summed E-state index contributed by atoms with van der Waals surface area (Å²) in [6.45, 7) is 9.05. The van der Waals surface area contributed by atoms with E-state index in [-0.39, 0.29) is 17.1 Å². The van der Waals surface area contributed by atoms with Gasteiger partial charge in [0.15, 0.2) is 0 Å². The van der Waals surface area contributed by atoms with E-state index in [1.807, 2.05) is 6.92 Å². The maximum Gasteiger partial charge on any atom is 0.295 e. The lowest BCUT2D eigenvalue weighted by atomic mass is 9.94. The number of aromatic hydroxyl groups is 1. The van der Waals surface area contributed by atoms with Crippen LogP contribution in [0.4, 0.5) is 0 Å². The van der Waals surface area contributed by atoms with Gasteiger partial charge in [-0.15, -0.1) is 0 Å². The second kappa shape index (κ2) is 10.6. The number of ketones is 1. The summed E-state index contributed by atoms with van der Waals surface area (Å²) in [7, 11) is 0. The van der Waals surface area contributed by atoms with Crippen molar-refractivity contribution in [2.24, 2.45) is 5.92 Å². The molecule has 1 fully saturated rings. The second-order valence-electron chi connectivity index (χ2n) is 8.98. The molecule has 0 radical (unpaired) electrons. The third kappa shape index (κ3) is 5.38. The first-order chi connectivity index (χ1) is 15.7. The summed E-state index contributed by atoms with van der Waals surface area (Å²) in [6.07, 6.45) is 2.65. The Morgan fingerprint density at radius 1 is 1.12 bits per heavy atom. The van der Waals surface area contributed by atoms with Gasteiger partial charge in [0.1, 0.15) is 17.3 Å². The van der Waals surface area contributed by atoms with Gasteiger partial charge in [-0.25, -0.2) is 0 Å². The number of unbranched alkanes of at least 4 members (excludes halogenated alkanes) is 2. The molecule has 2 N–H and O–H groups in total. The van der Waals surface area contributed by atoms with Crippen molar-refractivity contribution < 1.29 is 24.5 Å². The molecule has 3 rings (SSSR count). The molecule has 33 heavy (non-hydrogen) atoms. The number of carbonyl (C=O) groups is 2. The molecule has 0 bridgehead atoms. The average Bonchev–Trinajstić information content (AvgIpc) is 3.03. The lowest BCUT2D eigenvalue weighted by Crippen LogP contribution is -2.30. The number of phenols is 1. The van der Waals surface area contributed by atoms with Crippen LogP contribution in [0.5, 0.6) is 11.5 Å². The SMILES string of the molecule is CCCCCN1C(=O)C(=O)/C(=C(\O)c2ccc(OCC(C)C)c(C)c2)C1c1cccc(O)c1. The van der Waals surface area contributed by atoms with E-state index in [0.717, 1.165) is 24.8 Å². The van der Waals surface area contributed by atoms with Gasteiger partial charge in [-0.3, -0.25) is 9.59 Å². The molecular weight excluding hydrogens is 418 g/mol. The van der Waals surface area contributed by atoms with Crippen molar-refractivity contribution in [3.63, 3.8) is 0 Å². The van der Waals surface area contributed by atoms with Crippen molar-refractivity contribution in [1.29, 1.82) is 0 Å². The standard InChI is InChI=1S/C27H33NO5/c1-5-6-7-13-28-24(19-9-8-10-21(29)15-19)23(26(31)27(28)32)25(30)20-11-12-22(18(4)14-20)33-16-17(2)3/h8-12,14-15,17,24,29-30H,5-7,13,16H2,1-4H3/b25-23-. The fourth-order valence-corrected chi connectivity index (χ4v) is 4.05. The third-order valence-electron chi connectivity index (χ3n) is 5.75. The van der Waals surface area contributed by atoms with Crippen molar-refractivity contribution in [2.75, 3.05) is 13.2 Å². The minimum atomic E-state index is -0.758. The Morgan fingerprint density at radius 3 is 2.52 bits per heavy atom. The van der Waals surface area contributed by atoms with Gasteiger partial charge in [0.25, 0.3) is 11.7 Å². The molecule has 6 nitrogen and oxygen atoms in total. The van der Waals surface area contributed by atoms with Crippen LogP contribution in [0.2, 0.25) is 0 Å². The number of aryl methyl sites for hydroxylation is 1. The Kier molecular flexibility index (Phi) is 7.79. The molecule has 1 aliphatic rings. The Hall–Kier alpha value is -3.28. The average molecular weight is 452 g/mol. The van der Waals surface area contributed by atoms with E-state index in [2.05, 4.69) is 20.8 Å². The summed E-state index contributed by atoms with van der Waals surface area (Å²) in [5, 5.41) is 21.2. The molecule has 1 atom stereocenters. The highest BCUT2D eigenvalue weighted by atomic mass is 16.5. The monoisotopic (exact) mass is 451 g/mol. The van der Waals surface area contributed by atoms with Crippen LogP contribution in [0.15, 0.2) is 48.0 Å². The number of carbonyl (C=O) groups excluding carboxylic acids is 2. The number of aliphatic hydroxyl groups excluding tert-OH is 1. The van der Waals surface area contributed by atoms with Crippen LogP contribution in [0, 0.1) is 12.8 Å². The topological polar surface area (TPSA) is 87.1 Å². The molecule has 2 aromatic rings. The number of hydrogen-bond donors (Lipinski definition) is 2. The molecule has 1 heterocycles. The molecule has 1 unspecified atom stereocenters. The summed E-state index contributed by atoms with van der Waals surface area (Å²) in [6, 6.07) is 11.0. The number of hydrogen-bond acceptors (Lipinski definition) is 5. The van der Waals surface area contributed by atoms with Gasteiger partial charge in [0, 0.05) is 12.1 Å². The van der Waals surface area contributed by atoms with Crippen molar-refractivity contribution in [3.8, 4) is 11.5 Å². The number of likely N-dealkylation sites (tertiary alicyclic amines) is 1. The van der Waals surface area contributed by atoms with Crippen LogP contribution in [0.3, 0.4) is 0 Å². The number of phenolic OH excluding ortho intramolecular Hbond substituents is 1.